The van der Waals surface area contributed by atoms with Crippen molar-refractivity contribution in [1.82, 2.24) is 5.32 Å². The fourth-order valence-electron chi connectivity index (χ4n) is 2.27. The van der Waals surface area contributed by atoms with Crippen molar-refractivity contribution in [2.45, 2.75) is 33.1 Å². The van der Waals surface area contributed by atoms with E-state index in [1.165, 1.54) is 0 Å². The highest BCUT2D eigenvalue weighted by Crippen LogP contribution is 2.23. The molecule has 0 aromatic heterocycles. The molecule has 0 aliphatic rings. The van der Waals surface area contributed by atoms with E-state index in [1.807, 2.05) is 69.3 Å². The third-order valence-electron chi connectivity index (χ3n) is 3.49. The highest BCUT2D eigenvalue weighted by molar-refractivity contribution is 5.39. The van der Waals surface area contributed by atoms with E-state index in [1.54, 1.807) is 0 Å². The summed E-state index contributed by atoms with van der Waals surface area (Å²) in [4.78, 5) is 0. The van der Waals surface area contributed by atoms with E-state index in [2.05, 4.69) is 5.32 Å². The Morgan fingerprint density at radius 1 is 1.00 bits per heavy atom. The molecule has 2 N–H and O–H groups in total. The van der Waals surface area contributed by atoms with Crippen LogP contribution in [0.1, 0.15) is 29.7 Å². The van der Waals surface area contributed by atoms with Crippen molar-refractivity contribution in [1.29, 1.82) is 0 Å². The van der Waals surface area contributed by atoms with Gasteiger partial charge >= 0.3 is 0 Å². The molecule has 3 nitrogen and oxygen atoms in total. The molecule has 0 aliphatic carbocycles. The molecule has 0 radical (unpaired) electrons. The molecule has 0 bridgehead atoms. The van der Waals surface area contributed by atoms with Gasteiger partial charge < -0.3 is 9.84 Å². The van der Waals surface area contributed by atoms with Crippen LogP contribution in [-0.4, -0.2) is 17.9 Å². The van der Waals surface area contributed by atoms with Crippen LogP contribution in [0.15, 0.2) is 48.5 Å². The second kappa shape index (κ2) is 7.25. The molecule has 1 unspecified atom stereocenters. The maximum Gasteiger partial charge on any atom is 0.147 e. The lowest BCUT2D eigenvalue weighted by Crippen LogP contribution is -2.35. The van der Waals surface area contributed by atoms with Crippen LogP contribution in [0.5, 0.6) is 5.75 Å². The first-order chi connectivity index (χ1) is 10.1. The quantitative estimate of drug-likeness (QED) is 0.800. The highest BCUT2D eigenvalue weighted by Gasteiger charge is 2.11. The van der Waals surface area contributed by atoms with E-state index < -0.39 is 6.10 Å². The number of aliphatic hydroxyl groups excluding tert-OH is 1. The van der Waals surface area contributed by atoms with Gasteiger partial charge in [0.1, 0.15) is 12.0 Å². The lowest BCUT2D eigenvalue weighted by molar-refractivity contribution is 0.127. The molecule has 2 aromatic carbocycles. The Balaban J connectivity index is 1.89. The molecule has 21 heavy (non-hydrogen) atoms. The van der Waals surface area contributed by atoms with Crippen molar-refractivity contribution in [3.8, 4) is 5.75 Å². The Hall–Kier alpha value is -1.84. The predicted molar refractivity (Wildman–Crippen MR) is 85.4 cm³/mol. The summed E-state index contributed by atoms with van der Waals surface area (Å²) in [5.74, 6) is 0.909. The Labute approximate surface area is 126 Å². The summed E-state index contributed by atoms with van der Waals surface area (Å²) in [7, 11) is 0. The van der Waals surface area contributed by atoms with Crippen molar-refractivity contribution < 1.29 is 9.84 Å². The highest BCUT2D eigenvalue weighted by atomic mass is 16.5. The van der Waals surface area contributed by atoms with Gasteiger partial charge in [-0.15, -0.1) is 0 Å². The van der Waals surface area contributed by atoms with Crippen LogP contribution in [0.2, 0.25) is 0 Å². The van der Waals surface area contributed by atoms with Crippen molar-refractivity contribution in [3.05, 3.63) is 65.2 Å². The zero-order chi connectivity index (χ0) is 15.2. The third kappa shape index (κ3) is 4.31. The van der Waals surface area contributed by atoms with Crippen molar-refractivity contribution in [2.75, 3.05) is 6.54 Å². The van der Waals surface area contributed by atoms with Crippen LogP contribution in [0, 0.1) is 13.8 Å². The third-order valence-corrected chi connectivity index (χ3v) is 3.49. The number of rotatable bonds is 6. The Morgan fingerprint density at radius 2 is 1.62 bits per heavy atom. The fourth-order valence-corrected chi connectivity index (χ4v) is 2.27. The van der Waals surface area contributed by atoms with Crippen LogP contribution in [0.25, 0.3) is 0 Å². The molecule has 112 valence electrons. The number of hydrogen-bond donors (Lipinski definition) is 2. The van der Waals surface area contributed by atoms with Crippen molar-refractivity contribution >= 4 is 0 Å². The fraction of sp³-hybridized carbons (Fsp3) is 0.333. The van der Waals surface area contributed by atoms with Crippen LogP contribution in [0.4, 0.5) is 0 Å². The van der Waals surface area contributed by atoms with E-state index in [0.29, 0.717) is 6.54 Å². The number of nitrogens with one attached hydrogen (secondary N) is 1. The molecule has 2 atom stereocenters. The summed E-state index contributed by atoms with van der Waals surface area (Å²) in [6.45, 7) is 6.47. The molecule has 2 aromatic rings. The number of aliphatic hydroxyl groups is 1. The summed E-state index contributed by atoms with van der Waals surface area (Å²) in [6, 6.07) is 15.7. The first-order valence-electron chi connectivity index (χ1n) is 7.27. The van der Waals surface area contributed by atoms with E-state index in [0.717, 1.165) is 22.4 Å². The van der Waals surface area contributed by atoms with Gasteiger partial charge in [0.15, 0.2) is 0 Å². The summed E-state index contributed by atoms with van der Waals surface area (Å²) in [6.07, 6.45) is -0.696. The summed E-state index contributed by atoms with van der Waals surface area (Å²) in [5.41, 5.74) is 3.14. The predicted octanol–water partition coefficient (Wildman–Crippen LogP) is 3.35. The minimum absolute atomic E-state index is 0.164. The van der Waals surface area contributed by atoms with Gasteiger partial charge in [0, 0.05) is 6.54 Å². The van der Waals surface area contributed by atoms with Crippen molar-refractivity contribution in [3.63, 3.8) is 0 Å². The van der Waals surface area contributed by atoms with Gasteiger partial charge in [-0.3, -0.25) is 5.32 Å². The molecular weight excluding hydrogens is 262 g/mol. The molecule has 0 aliphatic heterocycles. The molecule has 0 saturated carbocycles. The summed E-state index contributed by atoms with van der Waals surface area (Å²) >= 11 is 0. The average Bonchev–Trinajstić information content (AvgIpc) is 2.49. The Bertz CT molecular complexity index is 548. The first-order valence-corrected chi connectivity index (χ1v) is 7.27. The second-order valence-corrected chi connectivity index (χ2v) is 5.32. The second-order valence-electron chi connectivity index (χ2n) is 5.32. The molecule has 0 heterocycles. The van der Waals surface area contributed by atoms with Crippen LogP contribution in [-0.2, 0) is 0 Å². The number of benzene rings is 2. The Kier molecular flexibility index (Phi) is 5.37. The molecular formula is C18H23NO2. The van der Waals surface area contributed by atoms with Crippen molar-refractivity contribution in [2.24, 2.45) is 0 Å². The average molecular weight is 285 g/mol. The Morgan fingerprint density at radius 3 is 2.24 bits per heavy atom. The number of para-hydroxylation sites is 1. The normalized spacial score (nSPS) is 13.7. The summed E-state index contributed by atoms with van der Waals surface area (Å²) in [5, 5.41) is 13.3. The smallest absolute Gasteiger partial charge is 0.147 e. The van der Waals surface area contributed by atoms with Gasteiger partial charge in [-0.05, 0) is 37.5 Å². The van der Waals surface area contributed by atoms with E-state index >= 15 is 0 Å². The van der Waals surface area contributed by atoms with Gasteiger partial charge in [-0.25, -0.2) is 0 Å². The lowest BCUT2D eigenvalue weighted by atomic mass is 10.1. The zero-order valence-corrected chi connectivity index (χ0v) is 12.8. The maximum absolute atomic E-state index is 10.1. The van der Waals surface area contributed by atoms with E-state index in [4.69, 9.17) is 4.74 Å². The lowest BCUT2D eigenvalue weighted by Gasteiger charge is -2.21. The zero-order valence-electron chi connectivity index (χ0n) is 12.8. The molecule has 0 amide bonds. The SMILES string of the molecule is Cc1cccc(C)c1OC(C)NC[C@@H](O)c1ccccc1. The standard InChI is InChI=1S/C18H23NO2/c1-13-8-7-9-14(2)18(13)21-15(3)19-12-17(20)16-10-5-4-6-11-16/h4-11,15,17,19-20H,12H2,1-3H3/t15?,17-/m1/s1. The molecule has 2 rings (SSSR count). The minimum Gasteiger partial charge on any atom is -0.475 e. The molecule has 0 spiro atoms. The monoisotopic (exact) mass is 285 g/mol. The van der Waals surface area contributed by atoms with Gasteiger partial charge in [0.2, 0.25) is 0 Å². The maximum atomic E-state index is 10.1. The van der Waals surface area contributed by atoms with Gasteiger partial charge in [-0.1, -0.05) is 48.5 Å². The molecule has 0 fully saturated rings. The first kappa shape index (κ1) is 15.5. The number of ether oxygens (including phenoxy) is 1. The van der Waals surface area contributed by atoms with Gasteiger partial charge in [0.05, 0.1) is 6.10 Å². The van der Waals surface area contributed by atoms with Gasteiger partial charge in [-0.2, -0.15) is 0 Å². The molecule has 0 saturated heterocycles. The van der Waals surface area contributed by atoms with Gasteiger partial charge in [0.25, 0.3) is 0 Å². The van der Waals surface area contributed by atoms with E-state index in [9.17, 15) is 5.11 Å². The van der Waals surface area contributed by atoms with Crippen LogP contribution >= 0.6 is 0 Å². The largest absolute Gasteiger partial charge is 0.475 e. The minimum atomic E-state index is -0.532. The topological polar surface area (TPSA) is 41.5 Å². The summed E-state index contributed by atoms with van der Waals surface area (Å²) < 4.78 is 5.94. The van der Waals surface area contributed by atoms with Crippen LogP contribution in [0.3, 0.4) is 0 Å². The molecule has 3 heteroatoms. The van der Waals surface area contributed by atoms with Crippen LogP contribution < -0.4 is 10.1 Å². The number of aryl methyl sites for hydroxylation is 2. The van der Waals surface area contributed by atoms with E-state index in [-0.39, 0.29) is 6.23 Å². The number of hydrogen-bond acceptors (Lipinski definition) is 3.